The molecule has 0 atom stereocenters. The van der Waals surface area contributed by atoms with E-state index in [0.717, 1.165) is 4.90 Å². The molecule has 0 fully saturated rings. The molecular formula is C13H14FN3OS. The highest BCUT2D eigenvalue weighted by Crippen LogP contribution is 2.21. The van der Waals surface area contributed by atoms with Crippen LogP contribution < -0.4 is 11.3 Å². The van der Waals surface area contributed by atoms with Gasteiger partial charge in [0.2, 0.25) is 0 Å². The highest BCUT2D eigenvalue weighted by Gasteiger charge is 2.03. The van der Waals surface area contributed by atoms with Crippen molar-refractivity contribution in [3.8, 4) is 0 Å². The highest BCUT2D eigenvalue weighted by atomic mass is 32.2. The van der Waals surface area contributed by atoms with E-state index in [9.17, 15) is 9.18 Å². The first kappa shape index (κ1) is 13.8. The van der Waals surface area contributed by atoms with Crippen molar-refractivity contribution >= 4 is 11.8 Å². The van der Waals surface area contributed by atoms with Crippen LogP contribution in [0.1, 0.15) is 11.5 Å². The van der Waals surface area contributed by atoms with Crippen LogP contribution in [-0.4, -0.2) is 16.5 Å². The Morgan fingerprint density at radius 2 is 2.21 bits per heavy atom. The van der Waals surface area contributed by atoms with Gasteiger partial charge in [0.25, 0.3) is 5.56 Å². The van der Waals surface area contributed by atoms with Gasteiger partial charge < -0.3 is 10.7 Å². The normalized spacial score (nSPS) is 10.6. The van der Waals surface area contributed by atoms with E-state index in [1.807, 2.05) is 6.07 Å². The number of nitrogens with one attached hydrogen (secondary N) is 1. The molecule has 0 aliphatic rings. The maximum absolute atomic E-state index is 13.0. The molecule has 3 N–H and O–H groups in total. The molecule has 0 aliphatic carbocycles. The third-order valence-corrected chi connectivity index (χ3v) is 3.42. The molecule has 0 amide bonds. The molecule has 0 saturated heterocycles. The topological polar surface area (TPSA) is 71.8 Å². The minimum Gasteiger partial charge on any atom is -0.330 e. The van der Waals surface area contributed by atoms with Crippen molar-refractivity contribution in [2.45, 2.75) is 17.1 Å². The summed E-state index contributed by atoms with van der Waals surface area (Å²) in [5.74, 6) is 0.783. The molecule has 100 valence electrons. The van der Waals surface area contributed by atoms with Gasteiger partial charge in [0.05, 0.1) is 5.75 Å². The summed E-state index contributed by atoms with van der Waals surface area (Å²) in [6.07, 6.45) is 0.571. The van der Waals surface area contributed by atoms with E-state index >= 15 is 0 Å². The summed E-state index contributed by atoms with van der Waals surface area (Å²) in [6.45, 7) is 0.451. The molecule has 0 unspecified atom stereocenters. The van der Waals surface area contributed by atoms with Crippen molar-refractivity contribution in [1.82, 2.24) is 9.97 Å². The molecule has 0 saturated carbocycles. The smallest absolute Gasteiger partial charge is 0.251 e. The Balaban J connectivity index is 2.09. The summed E-state index contributed by atoms with van der Waals surface area (Å²) < 4.78 is 13.0. The molecule has 0 aliphatic heterocycles. The average Bonchev–Trinajstić information content (AvgIpc) is 2.36. The van der Waals surface area contributed by atoms with Crippen LogP contribution in [0.3, 0.4) is 0 Å². The fourth-order valence-electron chi connectivity index (χ4n) is 1.62. The van der Waals surface area contributed by atoms with Crippen molar-refractivity contribution in [2.24, 2.45) is 5.73 Å². The molecule has 19 heavy (non-hydrogen) atoms. The zero-order valence-electron chi connectivity index (χ0n) is 10.2. The number of aromatic nitrogens is 2. The zero-order valence-corrected chi connectivity index (χ0v) is 11.0. The lowest BCUT2D eigenvalue weighted by Crippen LogP contribution is -2.14. The molecule has 2 rings (SSSR count). The molecule has 0 spiro atoms. The number of thioether (sulfide) groups is 1. The van der Waals surface area contributed by atoms with Crippen LogP contribution >= 0.6 is 11.8 Å². The van der Waals surface area contributed by atoms with Crippen molar-refractivity contribution in [3.63, 3.8) is 0 Å². The first-order valence-corrected chi connectivity index (χ1v) is 6.83. The SMILES string of the molecule is NCCc1cc(=O)[nH]c(CSc2cccc(F)c2)n1. The second-order valence-electron chi connectivity index (χ2n) is 3.97. The van der Waals surface area contributed by atoms with Crippen LogP contribution in [0.4, 0.5) is 4.39 Å². The van der Waals surface area contributed by atoms with Crippen molar-refractivity contribution in [1.29, 1.82) is 0 Å². The number of hydrogen-bond acceptors (Lipinski definition) is 4. The van der Waals surface area contributed by atoms with Gasteiger partial charge in [-0.2, -0.15) is 0 Å². The van der Waals surface area contributed by atoms with Gasteiger partial charge in [-0.25, -0.2) is 9.37 Å². The number of nitrogens with two attached hydrogens (primary N) is 1. The number of nitrogens with zero attached hydrogens (tertiary/aromatic N) is 1. The summed E-state index contributed by atoms with van der Waals surface area (Å²) in [5, 5.41) is 0. The maximum Gasteiger partial charge on any atom is 0.251 e. The van der Waals surface area contributed by atoms with E-state index in [4.69, 9.17) is 5.73 Å². The first-order chi connectivity index (χ1) is 9.17. The lowest BCUT2D eigenvalue weighted by atomic mass is 10.3. The van der Waals surface area contributed by atoms with Crippen LogP contribution in [-0.2, 0) is 12.2 Å². The number of hydrogen-bond donors (Lipinski definition) is 2. The summed E-state index contributed by atoms with van der Waals surface area (Å²) >= 11 is 1.42. The minimum atomic E-state index is -0.275. The van der Waals surface area contributed by atoms with E-state index in [1.54, 1.807) is 6.07 Å². The molecule has 0 bridgehead atoms. The van der Waals surface area contributed by atoms with Crippen LogP contribution in [0.25, 0.3) is 0 Å². The lowest BCUT2D eigenvalue weighted by molar-refractivity contribution is 0.624. The van der Waals surface area contributed by atoms with E-state index in [-0.39, 0.29) is 11.4 Å². The van der Waals surface area contributed by atoms with Crippen LogP contribution in [0, 0.1) is 5.82 Å². The Bertz CT molecular complexity index is 615. The Hall–Kier alpha value is -1.66. The monoisotopic (exact) mass is 279 g/mol. The predicted octanol–water partition coefficient (Wildman–Crippen LogP) is 1.70. The van der Waals surface area contributed by atoms with Gasteiger partial charge in [-0.05, 0) is 24.7 Å². The zero-order chi connectivity index (χ0) is 13.7. The van der Waals surface area contributed by atoms with Crippen molar-refractivity contribution < 1.29 is 4.39 Å². The fourth-order valence-corrected chi connectivity index (χ4v) is 2.43. The Morgan fingerprint density at radius 3 is 2.95 bits per heavy atom. The number of rotatable bonds is 5. The quantitative estimate of drug-likeness (QED) is 0.817. The molecule has 4 nitrogen and oxygen atoms in total. The maximum atomic E-state index is 13.0. The molecular weight excluding hydrogens is 265 g/mol. The van der Waals surface area contributed by atoms with Gasteiger partial charge in [-0.3, -0.25) is 4.79 Å². The molecule has 1 aromatic heterocycles. The number of halogens is 1. The van der Waals surface area contributed by atoms with Gasteiger partial charge in [-0.1, -0.05) is 6.07 Å². The van der Waals surface area contributed by atoms with Gasteiger partial charge in [0.15, 0.2) is 0 Å². The van der Waals surface area contributed by atoms with Gasteiger partial charge in [0, 0.05) is 23.1 Å². The van der Waals surface area contributed by atoms with E-state index in [0.29, 0.717) is 30.2 Å². The molecule has 0 radical (unpaired) electrons. The number of aromatic amines is 1. The molecule has 1 heterocycles. The summed E-state index contributed by atoms with van der Waals surface area (Å²) in [4.78, 5) is 19.2. The molecule has 1 aromatic carbocycles. The van der Waals surface area contributed by atoms with Crippen LogP contribution in [0.2, 0.25) is 0 Å². The second kappa shape index (κ2) is 6.49. The lowest BCUT2D eigenvalue weighted by Gasteiger charge is -2.04. The highest BCUT2D eigenvalue weighted by molar-refractivity contribution is 7.98. The molecule has 6 heteroatoms. The first-order valence-electron chi connectivity index (χ1n) is 5.85. The third kappa shape index (κ3) is 4.18. The van der Waals surface area contributed by atoms with Gasteiger partial charge in [0.1, 0.15) is 11.6 Å². The standard InChI is InChI=1S/C13H14FN3OS/c14-9-2-1-3-11(6-9)19-8-12-16-10(4-5-15)7-13(18)17-12/h1-3,6-7H,4-5,8,15H2,(H,16,17,18). The van der Waals surface area contributed by atoms with E-state index in [2.05, 4.69) is 9.97 Å². The van der Waals surface area contributed by atoms with Crippen molar-refractivity contribution in [2.75, 3.05) is 6.54 Å². The predicted molar refractivity (Wildman–Crippen MR) is 73.6 cm³/mol. The molecule has 2 aromatic rings. The van der Waals surface area contributed by atoms with E-state index in [1.165, 1.54) is 30.0 Å². The van der Waals surface area contributed by atoms with Crippen LogP contribution in [0.15, 0.2) is 40.0 Å². The second-order valence-corrected chi connectivity index (χ2v) is 5.02. The van der Waals surface area contributed by atoms with Gasteiger partial charge >= 0.3 is 0 Å². The fraction of sp³-hybridized carbons (Fsp3) is 0.231. The number of H-pyrrole nitrogens is 1. The Kier molecular flexibility index (Phi) is 4.70. The van der Waals surface area contributed by atoms with E-state index < -0.39 is 0 Å². The van der Waals surface area contributed by atoms with Crippen molar-refractivity contribution in [3.05, 3.63) is 58.0 Å². The van der Waals surface area contributed by atoms with Crippen LogP contribution in [0.5, 0.6) is 0 Å². The summed E-state index contributed by atoms with van der Waals surface area (Å²) in [6, 6.07) is 7.76. The number of benzene rings is 1. The Labute approximate surface area is 114 Å². The third-order valence-electron chi connectivity index (χ3n) is 2.42. The average molecular weight is 279 g/mol. The Morgan fingerprint density at radius 1 is 1.37 bits per heavy atom. The van der Waals surface area contributed by atoms with Gasteiger partial charge in [-0.15, -0.1) is 11.8 Å². The largest absolute Gasteiger partial charge is 0.330 e. The summed E-state index contributed by atoms with van der Waals surface area (Å²) in [7, 11) is 0. The summed E-state index contributed by atoms with van der Waals surface area (Å²) in [5.41, 5.74) is 5.94. The minimum absolute atomic E-state index is 0.187.